The number of hydrogen-bond donors (Lipinski definition) is 0. The summed E-state index contributed by atoms with van der Waals surface area (Å²) in [7, 11) is 0. The average Bonchev–Trinajstić information content (AvgIpc) is 2.96. The number of carbonyl (C=O) groups excluding carboxylic acids is 2. The van der Waals surface area contributed by atoms with E-state index in [1.165, 1.54) is 18.2 Å². The van der Waals surface area contributed by atoms with Crippen molar-refractivity contribution in [2.75, 3.05) is 18.1 Å². The second kappa shape index (κ2) is 6.50. The smallest absolute Gasteiger partial charge is 0.339 e. The third-order valence-electron chi connectivity index (χ3n) is 3.67. The molecule has 23 heavy (non-hydrogen) atoms. The van der Waals surface area contributed by atoms with E-state index in [1.807, 2.05) is 24.3 Å². The summed E-state index contributed by atoms with van der Waals surface area (Å²) in [6, 6.07) is 11.3. The largest absolute Gasteiger partial charge is 0.452 e. The summed E-state index contributed by atoms with van der Waals surface area (Å²) in [5, 5.41) is 0. The first-order valence-corrected chi connectivity index (χ1v) is 7.86. The van der Waals surface area contributed by atoms with Crippen molar-refractivity contribution in [2.45, 2.75) is 6.42 Å². The number of amides is 1. The Hall–Kier alpha value is -2.21. The molecule has 0 saturated carbocycles. The van der Waals surface area contributed by atoms with Gasteiger partial charge in [0, 0.05) is 16.7 Å². The molecule has 0 atom stereocenters. The molecule has 4 nitrogen and oxygen atoms in total. The minimum absolute atomic E-state index is 0.182. The number of hydrogen-bond acceptors (Lipinski definition) is 3. The summed E-state index contributed by atoms with van der Waals surface area (Å²) in [6.07, 6.45) is 0.791. The molecule has 3 rings (SSSR count). The lowest BCUT2D eigenvalue weighted by atomic mass is 10.2. The molecule has 0 bridgehead atoms. The van der Waals surface area contributed by atoms with E-state index in [4.69, 9.17) is 4.74 Å². The highest BCUT2D eigenvalue weighted by Gasteiger charge is 2.25. The molecule has 1 heterocycles. The van der Waals surface area contributed by atoms with Gasteiger partial charge in [0.2, 0.25) is 0 Å². The second-order valence-electron chi connectivity index (χ2n) is 5.12. The van der Waals surface area contributed by atoms with Crippen molar-refractivity contribution in [1.82, 2.24) is 0 Å². The molecule has 0 N–H and O–H groups in total. The molecule has 1 aliphatic rings. The zero-order chi connectivity index (χ0) is 16.4. The molecule has 0 saturated heterocycles. The standard InChI is InChI=1S/C17H13BrFNO3/c18-14-9-12(19)5-6-13(14)17(22)23-10-16(21)20-8-7-11-3-1-2-4-15(11)20/h1-6,9H,7-8,10H2. The van der Waals surface area contributed by atoms with Gasteiger partial charge in [0.25, 0.3) is 5.91 Å². The Kier molecular flexibility index (Phi) is 4.43. The molecule has 0 fully saturated rings. The van der Waals surface area contributed by atoms with Crippen LogP contribution in [0.4, 0.5) is 10.1 Å². The van der Waals surface area contributed by atoms with Gasteiger partial charge in [-0.3, -0.25) is 4.79 Å². The first-order valence-electron chi connectivity index (χ1n) is 7.06. The highest BCUT2D eigenvalue weighted by atomic mass is 79.9. The number of carbonyl (C=O) groups is 2. The van der Waals surface area contributed by atoms with E-state index >= 15 is 0 Å². The van der Waals surface area contributed by atoms with Gasteiger partial charge in [-0.25, -0.2) is 9.18 Å². The van der Waals surface area contributed by atoms with Crippen LogP contribution in [0.15, 0.2) is 46.9 Å². The van der Waals surface area contributed by atoms with Crippen molar-refractivity contribution in [3.63, 3.8) is 0 Å². The monoisotopic (exact) mass is 377 g/mol. The van der Waals surface area contributed by atoms with Crippen LogP contribution in [-0.4, -0.2) is 25.0 Å². The fourth-order valence-electron chi connectivity index (χ4n) is 2.54. The summed E-state index contributed by atoms with van der Waals surface area (Å²) in [6.45, 7) is 0.229. The Bertz CT molecular complexity index is 778. The van der Waals surface area contributed by atoms with Crippen LogP contribution in [-0.2, 0) is 16.0 Å². The topological polar surface area (TPSA) is 46.6 Å². The van der Waals surface area contributed by atoms with Crippen molar-refractivity contribution in [3.05, 3.63) is 63.9 Å². The number of anilines is 1. The molecule has 0 aromatic heterocycles. The SMILES string of the molecule is O=C(OCC(=O)N1CCc2ccccc21)c1ccc(F)cc1Br. The molecular weight excluding hydrogens is 365 g/mol. The van der Waals surface area contributed by atoms with Gasteiger partial charge in [0.15, 0.2) is 6.61 Å². The lowest BCUT2D eigenvalue weighted by molar-refractivity contribution is -0.121. The van der Waals surface area contributed by atoms with Crippen LogP contribution in [0.3, 0.4) is 0 Å². The van der Waals surface area contributed by atoms with Gasteiger partial charge in [-0.1, -0.05) is 18.2 Å². The van der Waals surface area contributed by atoms with Gasteiger partial charge < -0.3 is 9.64 Å². The van der Waals surface area contributed by atoms with Gasteiger partial charge in [0.05, 0.1) is 5.56 Å². The van der Waals surface area contributed by atoms with Crippen LogP contribution >= 0.6 is 15.9 Å². The molecule has 0 aliphatic carbocycles. The number of para-hydroxylation sites is 1. The minimum atomic E-state index is -0.669. The Balaban J connectivity index is 1.65. The van der Waals surface area contributed by atoms with E-state index in [0.29, 0.717) is 11.0 Å². The first kappa shape index (κ1) is 15.7. The van der Waals surface area contributed by atoms with Crippen molar-refractivity contribution in [1.29, 1.82) is 0 Å². The van der Waals surface area contributed by atoms with Crippen molar-refractivity contribution >= 4 is 33.5 Å². The zero-order valence-corrected chi connectivity index (χ0v) is 13.7. The molecule has 6 heteroatoms. The van der Waals surface area contributed by atoms with Gasteiger partial charge in [-0.05, 0) is 52.2 Å². The number of fused-ring (bicyclic) bond motifs is 1. The molecule has 0 spiro atoms. The number of nitrogens with zero attached hydrogens (tertiary/aromatic N) is 1. The Morgan fingerprint density at radius 3 is 2.78 bits per heavy atom. The normalized spacial score (nSPS) is 12.9. The van der Waals surface area contributed by atoms with Crippen LogP contribution in [0.1, 0.15) is 15.9 Å². The number of rotatable bonds is 3. The second-order valence-corrected chi connectivity index (χ2v) is 5.98. The molecule has 2 aromatic carbocycles. The highest BCUT2D eigenvalue weighted by Crippen LogP contribution is 2.27. The number of halogens is 2. The van der Waals surface area contributed by atoms with Crippen molar-refractivity contribution in [2.24, 2.45) is 0 Å². The predicted molar refractivity (Wildman–Crippen MR) is 86.9 cm³/mol. The highest BCUT2D eigenvalue weighted by molar-refractivity contribution is 9.10. The van der Waals surface area contributed by atoms with E-state index in [2.05, 4.69) is 15.9 Å². The molecule has 1 aliphatic heterocycles. The van der Waals surface area contributed by atoms with Crippen molar-refractivity contribution < 1.29 is 18.7 Å². The fraction of sp³-hybridized carbons (Fsp3) is 0.176. The molecule has 2 aromatic rings. The number of benzene rings is 2. The third-order valence-corrected chi connectivity index (χ3v) is 4.32. The molecular formula is C17H13BrFNO3. The molecule has 118 valence electrons. The summed E-state index contributed by atoms with van der Waals surface area (Å²) in [5.74, 6) is -1.41. The van der Waals surface area contributed by atoms with Gasteiger partial charge in [-0.2, -0.15) is 0 Å². The molecule has 1 amide bonds. The lowest BCUT2D eigenvalue weighted by Gasteiger charge is -2.17. The van der Waals surface area contributed by atoms with Gasteiger partial charge in [0.1, 0.15) is 5.82 Å². The van der Waals surface area contributed by atoms with E-state index in [1.54, 1.807) is 4.90 Å². The maximum absolute atomic E-state index is 13.0. The van der Waals surface area contributed by atoms with Crippen LogP contribution in [0.25, 0.3) is 0 Å². The Morgan fingerprint density at radius 2 is 2.00 bits per heavy atom. The van der Waals surface area contributed by atoms with E-state index in [-0.39, 0.29) is 18.1 Å². The summed E-state index contributed by atoms with van der Waals surface area (Å²) < 4.78 is 18.4. The van der Waals surface area contributed by atoms with Crippen molar-refractivity contribution in [3.8, 4) is 0 Å². The van der Waals surface area contributed by atoms with Crippen LogP contribution in [0.5, 0.6) is 0 Å². The number of ether oxygens (including phenoxy) is 1. The van der Waals surface area contributed by atoms with Gasteiger partial charge >= 0.3 is 5.97 Å². The first-order chi connectivity index (χ1) is 11.1. The molecule has 0 radical (unpaired) electrons. The summed E-state index contributed by atoms with van der Waals surface area (Å²) >= 11 is 3.11. The number of esters is 1. The van der Waals surface area contributed by atoms with E-state index in [9.17, 15) is 14.0 Å². The maximum atomic E-state index is 13.0. The van der Waals surface area contributed by atoms with Crippen LogP contribution in [0, 0.1) is 5.82 Å². The zero-order valence-electron chi connectivity index (χ0n) is 12.1. The average molecular weight is 378 g/mol. The Labute approximate surface area is 141 Å². The fourth-order valence-corrected chi connectivity index (χ4v) is 3.05. The summed E-state index contributed by atoms with van der Waals surface area (Å²) in [5.41, 5.74) is 2.14. The van der Waals surface area contributed by atoms with Gasteiger partial charge in [-0.15, -0.1) is 0 Å². The third kappa shape index (κ3) is 3.27. The quantitative estimate of drug-likeness (QED) is 0.770. The summed E-state index contributed by atoms with van der Waals surface area (Å²) in [4.78, 5) is 25.9. The van der Waals surface area contributed by atoms with E-state index in [0.717, 1.165) is 17.7 Å². The lowest BCUT2D eigenvalue weighted by Crippen LogP contribution is -2.33. The Morgan fingerprint density at radius 1 is 1.22 bits per heavy atom. The van der Waals surface area contributed by atoms with E-state index < -0.39 is 11.8 Å². The minimum Gasteiger partial charge on any atom is -0.452 e. The molecule has 0 unspecified atom stereocenters. The van der Waals surface area contributed by atoms with Crippen LogP contribution < -0.4 is 4.90 Å². The van der Waals surface area contributed by atoms with Crippen LogP contribution in [0.2, 0.25) is 0 Å². The maximum Gasteiger partial charge on any atom is 0.339 e. The predicted octanol–water partition coefficient (Wildman–Crippen LogP) is 3.33.